The summed E-state index contributed by atoms with van der Waals surface area (Å²) in [6.07, 6.45) is 0.459. The standard InChI is InChI=1S/C21H20ClNO4/c1-12-4-5-14(22)10-18(12)23-20(24)9-8-17-13(2)16-7-6-15(26-3)11-19(16)27-21(17)25/h4-7,10-11H,8-9H2,1-3H3,(H,23,24). The fourth-order valence-electron chi connectivity index (χ4n) is 2.97. The summed E-state index contributed by atoms with van der Waals surface area (Å²) in [5, 5.41) is 4.22. The van der Waals surface area contributed by atoms with Gasteiger partial charge < -0.3 is 14.5 Å². The van der Waals surface area contributed by atoms with Crippen LogP contribution >= 0.6 is 11.6 Å². The zero-order valence-corrected chi connectivity index (χ0v) is 16.1. The minimum atomic E-state index is -0.431. The minimum Gasteiger partial charge on any atom is -0.497 e. The molecule has 1 aromatic heterocycles. The molecule has 0 aliphatic carbocycles. The smallest absolute Gasteiger partial charge is 0.339 e. The van der Waals surface area contributed by atoms with Gasteiger partial charge in [-0.25, -0.2) is 4.79 Å². The van der Waals surface area contributed by atoms with Crippen molar-refractivity contribution in [3.8, 4) is 5.75 Å². The Morgan fingerprint density at radius 2 is 1.96 bits per heavy atom. The van der Waals surface area contributed by atoms with Crippen molar-refractivity contribution in [3.63, 3.8) is 0 Å². The number of hydrogen-bond donors (Lipinski definition) is 1. The Bertz CT molecular complexity index is 1070. The van der Waals surface area contributed by atoms with Crippen molar-refractivity contribution in [3.05, 3.63) is 68.5 Å². The Morgan fingerprint density at radius 1 is 1.19 bits per heavy atom. The van der Waals surface area contributed by atoms with Crippen molar-refractivity contribution in [2.24, 2.45) is 0 Å². The van der Waals surface area contributed by atoms with E-state index in [9.17, 15) is 9.59 Å². The topological polar surface area (TPSA) is 68.5 Å². The monoisotopic (exact) mass is 385 g/mol. The van der Waals surface area contributed by atoms with E-state index in [1.807, 2.05) is 32.0 Å². The number of ether oxygens (including phenoxy) is 1. The molecule has 3 aromatic rings. The van der Waals surface area contributed by atoms with Crippen molar-refractivity contribution < 1.29 is 13.9 Å². The molecule has 1 amide bonds. The lowest BCUT2D eigenvalue weighted by Gasteiger charge is -2.10. The van der Waals surface area contributed by atoms with Gasteiger partial charge in [0.1, 0.15) is 11.3 Å². The summed E-state index contributed by atoms with van der Waals surface area (Å²) in [5.41, 5.74) is 2.95. The van der Waals surface area contributed by atoms with Gasteiger partial charge in [-0.3, -0.25) is 4.79 Å². The lowest BCUT2D eigenvalue weighted by molar-refractivity contribution is -0.116. The van der Waals surface area contributed by atoms with Gasteiger partial charge in [0.15, 0.2) is 0 Å². The van der Waals surface area contributed by atoms with Gasteiger partial charge in [-0.05, 0) is 55.7 Å². The zero-order valence-electron chi connectivity index (χ0n) is 15.4. The normalized spacial score (nSPS) is 10.8. The lowest BCUT2D eigenvalue weighted by Crippen LogP contribution is -2.17. The molecule has 0 fully saturated rings. The second kappa shape index (κ2) is 7.84. The van der Waals surface area contributed by atoms with Crippen LogP contribution in [-0.2, 0) is 11.2 Å². The van der Waals surface area contributed by atoms with Crippen LogP contribution < -0.4 is 15.7 Å². The third-order valence-electron chi connectivity index (χ3n) is 4.57. The average molecular weight is 386 g/mol. The Morgan fingerprint density at radius 3 is 2.70 bits per heavy atom. The van der Waals surface area contributed by atoms with Crippen LogP contribution in [0.3, 0.4) is 0 Å². The number of hydrogen-bond acceptors (Lipinski definition) is 4. The molecular weight excluding hydrogens is 366 g/mol. The highest BCUT2D eigenvalue weighted by Crippen LogP contribution is 2.25. The number of halogens is 1. The molecular formula is C21H20ClNO4. The number of nitrogens with one attached hydrogen (secondary N) is 1. The first kappa shape index (κ1) is 19.0. The largest absolute Gasteiger partial charge is 0.497 e. The Balaban J connectivity index is 1.79. The second-order valence-electron chi connectivity index (χ2n) is 6.36. The number of rotatable bonds is 5. The lowest BCUT2D eigenvalue weighted by atomic mass is 10.0. The zero-order chi connectivity index (χ0) is 19.6. The number of aryl methyl sites for hydroxylation is 2. The molecule has 140 valence electrons. The first-order valence-corrected chi connectivity index (χ1v) is 8.93. The molecule has 0 bridgehead atoms. The predicted molar refractivity (Wildman–Crippen MR) is 107 cm³/mol. The molecule has 5 nitrogen and oxygen atoms in total. The number of amides is 1. The van der Waals surface area contributed by atoms with Crippen LogP contribution in [-0.4, -0.2) is 13.0 Å². The van der Waals surface area contributed by atoms with E-state index in [-0.39, 0.29) is 12.3 Å². The number of anilines is 1. The molecule has 2 aromatic carbocycles. The number of methoxy groups -OCH3 is 1. The molecule has 0 saturated carbocycles. The third-order valence-corrected chi connectivity index (χ3v) is 4.81. The summed E-state index contributed by atoms with van der Waals surface area (Å²) >= 11 is 5.98. The van der Waals surface area contributed by atoms with Crippen LogP contribution in [0, 0.1) is 13.8 Å². The van der Waals surface area contributed by atoms with Crippen LogP contribution in [0.5, 0.6) is 5.75 Å². The van der Waals surface area contributed by atoms with Gasteiger partial charge in [-0.1, -0.05) is 17.7 Å². The minimum absolute atomic E-state index is 0.166. The van der Waals surface area contributed by atoms with Crippen LogP contribution in [0.2, 0.25) is 5.02 Å². The summed E-state index contributed by atoms with van der Waals surface area (Å²) in [6, 6.07) is 10.7. The van der Waals surface area contributed by atoms with Crippen LogP contribution in [0.4, 0.5) is 5.69 Å². The van der Waals surface area contributed by atoms with Crippen molar-refractivity contribution in [2.75, 3.05) is 12.4 Å². The Kier molecular flexibility index (Phi) is 5.51. The van der Waals surface area contributed by atoms with Gasteiger partial charge in [0, 0.05) is 34.1 Å². The van der Waals surface area contributed by atoms with E-state index in [1.54, 1.807) is 25.3 Å². The van der Waals surface area contributed by atoms with Gasteiger partial charge in [0.2, 0.25) is 5.91 Å². The highest BCUT2D eigenvalue weighted by Gasteiger charge is 2.14. The predicted octanol–water partition coefficient (Wildman–Crippen LogP) is 4.64. The third kappa shape index (κ3) is 4.14. The molecule has 0 atom stereocenters. The van der Waals surface area contributed by atoms with Gasteiger partial charge >= 0.3 is 5.63 Å². The van der Waals surface area contributed by atoms with Crippen molar-refractivity contribution >= 4 is 34.2 Å². The number of fused-ring (bicyclic) bond motifs is 1. The number of carbonyl (C=O) groups is 1. The summed E-state index contributed by atoms with van der Waals surface area (Å²) < 4.78 is 10.6. The van der Waals surface area contributed by atoms with E-state index in [1.165, 1.54) is 0 Å². The maximum atomic E-state index is 12.4. The molecule has 0 radical (unpaired) electrons. The van der Waals surface area contributed by atoms with Crippen LogP contribution in [0.1, 0.15) is 23.1 Å². The second-order valence-corrected chi connectivity index (χ2v) is 6.80. The molecule has 0 aliphatic rings. The maximum absolute atomic E-state index is 12.4. The van der Waals surface area contributed by atoms with E-state index < -0.39 is 5.63 Å². The molecule has 0 spiro atoms. The molecule has 0 saturated heterocycles. The highest BCUT2D eigenvalue weighted by atomic mass is 35.5. The molecule has 1 N–H and O–H groups in total. The SMILES string of the molecule is COc1ccc2c(C)c(CCC(=O)Nc3cc(Cl)ccc3C)c(=O)oc2c1. The van der Waals surface area contributed by atoms with Gasteiger partial charge in [-0.2, -0.15) is 0 Å². The summed E-state index contributed by atoms with van der Waals surface area (Å²) in [5.74, 6) is 0.433. The van der Waals surface area contributed by atoms with E-state index in [0.717, 1.165) is 16.5 Å². The van der Waals surface area contributed by atoms with Crippen LogP contribution in [0.15, 0.2) is 45.6 Å². The molecule has 0 aliphatic heterocycles. The van der Waals surface area contributed by atoms with E-state index in [0.29, 0.717) is 34.0 Å². The van der Waals surface area contributed by atoms with Gasteiger partial charge in [0.25, 0.3) is 0 Å². The van der Waals surface area contributed by atoms with E-state index in [2.05, 4.69) is 5.32 Å². The molecule has 6 heteroatoms. The Labute approximate surface area is 161 Å². The van der Waals surface area contributed by atoms with Gasteiger partial charge in [-0.15, -0.1) is 0 Å². The van der Waals surface area contributed by atoms with Crippen molar-refractivity contribution in [1.29, 1.82) is 0 Å². The first-order chi connectivity index (χ1) is 12.9. The summed E-state index contributed by atoms with van der Waals surface area (Å²) in [6.45, 7) is 3.75. The van der Waals surface area contributed by atoms with Gasteiger partial charge in [0.05, 0.1) is 7.11 Å². The average Bonchev–Trinajstić information content (AvgIpc) is 2.64. The molecule has 3 rings (SSSR count). The molecule has 1 heterocycles. The quantitative estimate of drug-likeness (QED) is 0.649. The summed E-state index contributed by atoms with van der Waals surface area (Å²) in [7, 11) is 1.56. The maximum Gasteiger partial charge on any atom is 0.339 e. The van der Waals surface area contributed by atoms with Crippen LogP contribution in [0.25, 0.3) is 11.0 Å². The first-order valence-electron chi connectivity index (χ1n) is 8.55. The van der Waals surface area contributed by atoms with Crippen molar-refractivity contribution in [2.45, 2.75) is 26.7 Å². The molecule has 0 unspecified atom stereocenters. The van der Waals surface area contributed by atoms with E-state index >= 15 is 0 Å². The number of carbonyl (C=O) groups excluding carboxylic acids is 1. The summed E-state index contributed by atoms with van der Waals surface area (Å²) in [4.78, 5) is 24.7. The number of benzene rings is 2. The fraction of sp³-hybridized carbons (Fsp3) is 0.238. The highest BCUT2D eigenvalue weighted by molar-refractivity contribution is 6.31. The van der Waals surface area contributed by atoms with E-state index in [4.69, 9.17) is 20.8 Å². The fourth-order valence-corrected chi connectivity index (χ4v) is 3.14. The van der Waals surface area contributed by atoms with Crippen molar-refractivity contribution in [1.82, 2.24) is 0 Å². The molecule has 27 heavy (non-hydrogen) atoms. The Hall–Kier alpha value is -2.79.